The van der Waals surface area contributed by atoms with Crippen molar-refractivity contribution >= 4 is 6.09 Å². The molecule has 104 valence electrons. The van der Waals surface area contributed by atoms with Crippen molar-refractivity contribution in [2.45, 2.75) is 18.2 Å². The molecule has 0 spiro atoms. The fourth-order valence-corrected chi connectivity index (χ4v) is 1.67. The monoisotopic (exact) mass is 281 g/mol. The van der Waals surface area contributed by atoms with Crippen molar-refractivity contribution in [3.8, 4) is 0 Å². The molecule has 1 atom stereocenters. The summed E-state index contributed by atoms with van der Waals surface area (Å²) in [6.45, 7) is 0.0277. The van der Waals surface area contributed by atoms with Crippen molar-refractivity contribution in [3.63, 3.8) is 0 Å². The molecule has 0 aliphatic carbocycles. The Morgan fingerprint density at radius 3 is 2.42 bits per heavy atom. The third kappa shape index (κ3) is 2.47. The number of rotatable bonds is 2. The summed E-state index contributed by atoms with van der Waals surface area (Å²) in [5.41, 5.74) is -1.10. The molecule has 1 aromatic carbocycles. The summed E-state index contributed by atoms with van der Waals surface area (Å²) in [7, 11) is 0. The standard InChI is InChI=1S/C11H8F5NO2/c12-10(13,11(14,15)16)7-3-1-2-6(4-7)8-5-17-9(18)19-8/h1-4,8H,5H2,(H,17,18). The summed E-state index contributed by atoms with van der Waals surface area (Å²) in [6, 6.07) is 3.76. The van der Waals surface area contributed by atoms with E-state index in [4.69, 9.17) is 4.74 Å². The minimum Gasteiger partial charge on any atom is -0.439 e. The molecule has 19 heavy (non-hydrogen) atoms. The van der Waals surface area contributed by atoms with Gasteiger partial charge in [-0.1, -0.05) is 18.2 Å². The normalized spacial score (nSPS) is 20.1. The van der Waals surface area contributed by atoms with Gasteiger partial charge in [-0.3, -0.25) is 0 Å². The molecular weight excluding hydrogens is 273 g/mol. The Kier molecular flexibility index (Phi) is 3.11. The average Bonchev–Trinajstić information content (AvgIpc) is 2.75. The van der Waals surface area contributed by atoms with Crippen molar-refractivity contribution in [1.29, 1.82) is 0 Å². The van der Waals surface area contributed by atoms with Crippen LogP contribution >= 0.6 is 0 Å². The van der Waals surface area contributed by atoms with E-state index in [0.717, 1.165) is 6.07 Å². The SMILES string of the molecule is O=C1NCC(c2cccc(C(F)(F)C(F)(F)F)c2)O1. The van der Waals surface area contributed by atoms with Crippen molar-refractivity contribution in [2.75, 3.05) is 6.54 Å². The average molecular weight is 281 g/mol. The number of hydrogen-bond acceptors (Lipinski definition) is 2. The molecule has 1 aromatic rings. The lowest BCUT2D eigenvalue weighted by molar-refractivity contribution is -0.289. The fraction of sp³-hybridized carbons (Fsp3) is 0.364. The molecule has 1 amide bonds. The highest BCUT2D eigenvalue weighted by molar-refractivity contribution is 5.69. The Morgan fingerprint density at radius 2 is 1.89 bits per heavy atom. The number of alkyl carbamates (subject to hydrolysis) is 1. The summed E-state index contributed by atoms with van der Waals surface area (Å²) in [5, 5.41) is 2.29. The molecule has 1 aliphatic heterocycles. The van der Waals surface area contributed by atoms with Crippen LogP contribution in [0.5, 0.6) is 0 Å². The lowest BCUT2D eigenvalue weighted by atomic mass is 10.0. The van der Waals surface area contributed by atoms with E-state index in [1.807, 2.05) is 0 Å². The zero-order valence-electron chi connectivity index (χ0n) is 9.30. The van der Waals surface area contributed by atoms with Gasteiger partial charge in [-0.25, -0.2) is 4.79 Å². The van der Waals surface area contributed by atoms with Crippen molar-refractivity contribution in [2.24, 2.45) is 0 Å². The smallest absolute Gasteiger partial charge is 0.439 e. The number of carbonyl (C=O) groups is 1. The highest BCUT2D eigenvalue weighted by atomic mass is 19.4. The van der Waals surface area contributed by atoms with Crippen LogP contribution in [-0.2, 0) is 10.7 Å². The van der Waals surface area contributed by atoms with Gasteiger partial charge >= 0.3 is 18.2 Å². The molecule has 0 radical (unpaired) electrons. The first-order chi connectivity index (χ1) is 8.72. The van der Waals surface area contributed by atoms with Gasteiger partial charge < -0.3 is 10.1 Å². The summed E-state index contributed by atoms with van der Waals surface area (Å²) in [6.07, 6.45) is -7.27. The van der Waals surface area contributed by atoms with Gasteiger partial charge in [0.05, 0.1) is 6.54 Å². The van der Waals surface area contributed by atoms with Gasteiger partial charge in [0, 0.05) is 5.56 Å². The number of amides is 1. The molecule has 8 heteroatoms. The van der Waals surface area contributed by atoms with Gasteiger partial charge in [-0.05, 0) is 11.6 Å². The number of nitrogens with one attached hydrogen (secondary N) is 1. The molecule has 1 fully saturated rings. The van der Waals surface area contributed by atoms with Crippen molar-refractivity contribution in [3.05, 3.63) is 35.4 Å². The molecule has 1 heterocycles. The minimum atomic E-state index is -5.67. The van der Waals surface area contributed by atoms with Crippen LogP contribution in [0.25, 0.3) is 0 Å². The number of hydrogen-bond donors (Lipinski definition) is 1. The maximum atomic E-state index is 13.2. The molecule has 1 N–H and O–H groups in total. The highest BCUT2D eigenvalue weighted by Crippen LogP contribution is 2.44. The van der Waals surface area contributed by atoms with Crippen LogP contribution in [0.1, 0.15) is 17.2 Å². The highest BCUT2D eigenvalue weighted by Gasteiger charge is 2.58. The van der Waals surface area contributed by atoms with Crippen LogP contribution in [-0.4, -0.2) is 18.8 Å². The lowest BCUT2D eigenvalue weighted by Crippen LogP contribution is -2.33. The number of alkyl halides is 5. The predicted octanol–water partition coefficient (Wildman–Crippen LogP) is 3.12. The van der Waals surface area contributed by atoms with Crippen molar-refractivity contribution in [1.82, 2.24) is 5.32 Å². The van der Waals surface area contributed by atoms with E-state index in [1.165, 1.54) is 6.07 Å². The Labute approximate surface area is 104 Å². The van der Waals surface area contributed by atoms with E-state index in [0.29, 0.717) is 12.1 Å². The lowest BCUT2D eigenvalue weighted by Gasteiger charge is -2.21. The molecular formula is C11H8F5NO2. The number of halogens is 5. The van der Waals surface area contributed by atoms with E-state index >= 15 is 0 Å². The summed E-state index contributed by atoms with van der Waals surface area (Å²) < 4.78 is 67.8. The van der Waals surface area contributed by atoms with Gasteiger partial charge in [0.2, 0.25) is 0 Å². The quantitative estimate of drug-likeness (QED) is 0.846. The Morgan fingerprint density at radius 1 is 1.21 bits per heavy atom. The maximum absolute atomic E-state index is 13.2. The minimum absolute atomic E-state index is 0.0277. The third-order valence-corrected chi connectivity index (χ3v) is 2.66. The van der Waals surface area contributed by atoms with Crippen LogP contribution in [0.2, 0.25) is 0 Å². The summed E-state index contributed by atoms with van der Waals surface area (Å²) >= 11 is 0. The zero-order chi connectivity index (χ0) is 14.3. The molecule has 0 saturated carbocycles. The van der Waals surface area contributed by atoms with Crippen LogP contribution < -0.4 is 5.32 Å². The Bertz CT molecular complexity index is 500. The van der Waals surface area contributed by atoms with Gasteiger partial charge in [0.15, 0.2) is 0 Å². The number of benzene rings is 1. The van der Waals surface area contributed by atoms with Crippen LogP contribution in [0, 0.1) is 0 Å². The summed E-state index contributed by atoms with van der Waals surface area (Å²) in [4.78, 5) is 10.8. The molecule has 0 bridgehead atoms. The molecule has 0 aromatic heterocycles. The number of ether oxygens (including phenoxy) is 1. The number of cyclic esters (lactones) is 1. The van der Waals surface area contributed by atoms with E-state index in [2.05, 4.69) is 5.32 Å². The second-order valence-corrected chi connectivity index (χ2v) is 3.97. The van der Waals surface area contributed by atoms with Gasteiger partial charge in [-0.15, -0.1) is 0 Å². The summed E-state index contributed by atoms with van der Waals surface area (Å²) in [5.74, 6) is -4.95. The van der Waals surface area contributed by atoms with Crippen LogP contribution in [0.15, 0.2) is 24.3 Å². The topological polar surface area (TPSA) is 38.3 Å². The molecule has 1 unspecified atom stereocenters. The first kappa shape index (κ1) is 13.6. The second-order valence-electron chi connectivity index (χ2n) is 3.97. The van der Waals surface area contributed by atoms with E-state index in [-0.39, 0.29) is 12.1 Å². The van der Waals surface area contributed by atoms with Crippen molar-refractivity contribution < 1.29 is 31.5 Å². The van der Waals surface area contributed by atoms with E-state index in [1.54, 1.807) is 0 Å². The molecule has 2 rings (SSSR count). The van der Waals surface area contributed by atoms with Gasteiger partial charge in [0.1, 0.15) is 6.10 Å². The zero-order valence-corrected chi connectivity index (χ0v) is 9.30. The molecule has 1 aliphatic rings. The van der Waals surface area contributed by atoms with Gasteiger partial charge in [0.25, 0.3) is 0 Å². The Hall–Kier alpha value is -1.86. The van der Waals surface area contributed by atoms with Gasteiger partial charge in [-0.2, -0.15) is 22.0 Å². The van der Waals surface area contributed by atoms with E-state index < -0.39 is 29.9 Å². The first-order valence-electron chi connectivity index (χ1n) is 5.21. The second kappa shape index (κ2) is 4.36. The molecule has 1 saturated heterocycles. The number of carbonyl (C=O) groups excluding carboxylic acids is 1. The third-order valence-electron chi connectivity index (χ3n) is 2.66. The van der Waals surface area contributed by atoms with E-state index in [9.17, 15) is 26.7 Å². The fourth-order valence-electron chi connectivity index (χ4n) is 1.67. The van der Waals surface area contributed by atoms with Crippen LogP contribution in [0.4, 0.5) is 26.7 Å². The predicted molar refractivity (Wildman–Crippen MR) is 53.6 cm³/mol. The Balaban J connectivity index is 2.32. The molecule has 3 nitrogen and oxygen atoms in total. The first-order valence-corrected chi connectivity index (χ1v) is 5.21. The van der Waals surface area contributed by atoms with Crippen LogP contribution in [0.3, 0.4) is 0 Å². The maximum Gasteiger partial charge on any atom is 0.458 e. The largest absolute Gasteiger partial charge is 0.458 e.